The first-order chi connectivity index (χ1) is 8.26. The van der Waals surface area contributed by atoms with Crippen molar-refractivity contribution in [2.45, 2.75) is 13.3 Å². The van der Waals surface area contributed by atoms with Crippen molar-refractivity contribution in [3.05, 3.63) is 66.3 Å². The second-order valence-electron chi connectivity index (χ2n) is 3.54. The Kier molecular flexibility index (Phi) is 5.40. The number of nitrogen functional groups attached to an aromatic ring is 1. The Morgan fingerprint density at radius 1 is 1.35 bits per heavy atom. The molecule has 0 amide bonds. The summed E-state index contributed by atoms with van der Waals surface area (Å²) < 4.78 is 0. The predicted molar refractivity (Wildman–Crippen MR) is 75.4 cm³/mol. The van der Waals surface area contributed by atoms with Crippen LogP contribution in [0.1, 0.15) is 18.9 Å². The van der Waals surface area contributed by atoms with Gasteiger partial charge >= 0.3 is 0 Å². The lowest BCUT2D eigenvalue weighted by Gasteiger charge is -1.92. The summed E-state index contributed by atoms with van der Waals surface area (Å²) in [4.78, 5) is 0. The zero-order valence-corrected chi connectivity index (χ0v) is 10.1. The van der Waals surface area contributed by atoms with Gasteiger partial charge in [-0.2, -0.15) is 0 Å². The highest BCUT2D eigenvalue weighted by Crippen LogP contribution is 2.04. The molecule has 1 aromatic rings. The maximum absolute atomic E-state index is 5.61. The lowest BCUT2D eigenvalue weighted by atomic mass is 10.1. The first kappa shape index (κ1) is 12.9. The van der Waals surface area contributed by atoms with Gasteiger partial charge in [0.15, 0.2) is 0 Å². The average Bonchev–Trinajstić information content (AvgIpc) is 2.35. The largest absolute Gasteiger partial charge is 0.399 e. The Morgan fingerprint density at radius 2 is 2.06 bits per heavy atom. The van der Waals surface area contributed by atoms with Crippen molar-refractivity contribution < 1.29 is 0 Å². The minimum absolute atomic E-state index is 0.753. The van der Waals surface area contributed by atoms with Crippen molar-refractivity contribution in [2.24, 2.45) is 0 Å². The standard InChI is InChI=1S/C16H17N/c1-3-5-7-14(6-4-2)8-9-15-10-12-16(17)13-11-15/h4-7,10-13H,2-3,17H2,1H3/b7-5-,14-6+. The molecule has 0 heterocycles. The summed E-state index contributed by atoms with van der Waals surface area (Å²) in [6, 6.07) is 7.53. The molecule has 1 heteroatoms. The van der Waals surface area contributed by atoms with E-state index < -0.39 is 0 Å². The molecule has 0 unspecified atom stereocenters. The minimum atomic E-state index is 0.753. The lowest BCUT2D eigenvalue weighted by Crippen LogP contribution is -1.83. The molecule has 1 aromatic carbocycles. The number of nitrogens with two attached hydrogens (primary N) is 1. The van der Waals surface area contributed by atoms with E-state index in [1.165, 1.54) is 0 Å². The van der Waals surface area contributed by atoms with Crippen LogP contribution in [0.5, 0.6) is 0 Å². The third kappa shape index (κ3) is 4.90. The van der Waals surface area contributed by atoms with Crippen molar-refractivity contribution in [1.29, 1.82) is 0 Å². The third-order valence-corrected chi connectivity index (χ3v) is 2.09. The quantitative estimate of drug-likeness (QED) is 0.472. The van der Waals surface area contributed by atoms with E-state index >= 15 is 0 Å². The van der Waals surface area contributed by atoms with Crippen LogP contribution < -0.4 is 5.73 Å². The van der Waals surface area contributed by atoms with E-state index in [0.717, 1.165) is 23.2 Å². The second kappa shape index (κ2) is 7.14. The molecule has 1 rings (SSSR count). The van der Waals surface area contributed by atoms with E-state index in [-0.39, 0.29) is 0 Å². The van der Waals surface area contributed by atoms with Crippen LogP contribution in [0.3, 0.4) is 0 Å². The van der Waals surface area contributed by atoms with Gasteiger partial charge in [-0.3, -0.25) is 0 Å². The van der Waals surface area contributed by atoms with Crippen LogP contribution in [0.25, 0.3) is 0 Å². The molecular formula is C16H17N. The number of hydrogen-bond donors (Lipinski definition) is 1. The molecule has 86 valence electrons. The van der Waals surface area contributed by atoms with Gasteiger partial charge in [-0.1, -0.05) is 43.6 Å². The summed E-state index contributed by atoms with van der Waals surface area (Å²) in [6.07, 6.45) is 8.72. The molecule has 0 aliphatic rings. The molecule has 1 nitrogen and oxygen atoms in total. The first-order valence-corrected chi connectivity index (χ1v) is 5.63. The number of hydrogen-bond acceptors (Lipinski definition) is 1. The molecule has 0 atom stereocenters. The molecule has 0 saturated heterocycles. The Morgan fingerprint density at radius 3 is 2.65 bits per heavy atom. The van der Waals surface area contributed by atoms with Crippen LogP contribution in [0, 0.1) is 11.8 Å². The van der Waals surface area contributed by atoms with E-state index in [0.29, 0.717) is 0 Å². The van der Waals surface area contributed by atoms with E-state index in [1.54, 1.807) is 6.08 Å². The smallest absolute Gasteiger partial charge is 0.0314 e. The Bertz CT molecular complexity index is 478. The van der Waals surface area contributed by atoms with Gasteiger partial charge in [0.1, 0.15) is 0 Å². The summed E-state index contributed by atoms with van der Waals surface area (Å²) in [5.41, 5.74) is 8.28. The van der Waals surface area contributed by atoms with Crippen molar-refractivity contribution in [2.75, 3.05) is 5.73 Å². The van der Waals surface area contributed by atoms with Gasteiger partial charge in [-0.25, -0.2) is 0 Å². The summed E-state index contributed by atoms with van der Waals surface area (Å²) >= 11 is 0. The summed E-state index contributed by atoms with van der Waals surface area (Å²) in [5, 5.41) is 0. The molecule has 0 saturated carbocycles. The molecule has 0 radical (unpaired) electrons. The molecule has 2 N–H and O–H groups in total. The zero-order valence-electron chi connectivity index (χ0n) is 10.1. The summed E-state index contributed by atoms with van der Waals surface area (Å²) in [5.74, 6) is 6.20. The molecular weight excluding hydrogens is 206 g/mol. The van der Waals surface area contributed by atoms with Crippen LogP contribution in [0.4, 0.5) is 5.69 Å². The van der Waals surface area contributed by atoms with Crippen LogP contribution in [0.2, 0.25) is 0 Å². The van der Waals surface area contributed by atoms with Gasteiger partial charge < -0.3 is 5.73 Å². The molecule has 0 aliphatic heterocycles. The molecule has 0 fully saturated rings. The van der Waals surface area contributed by atoms with Crippen LogP contribution in [0.15, 0.2) is 60.7 Å². The first-order valence-electron chi connectivity index (χ1n) is 5.63. The average molecular weight is 223 g/mol. The van der Waals surface area contributed by atoms with Crippen LogP contribution >= 0.6 is 0 Å². The summed E-state index contributed by atoms with van der Waals surface area (Å²) in [6.45, 7) is 5.77. The number of rotatable bonds is 3. The fraction of sp³-hybridized carbons (Fsp3) is 0.125. The maximum Gasteiger partial charge on any atom is 0.0314 e. The van der Waals surface area contributed by atoms with E-state index in [9.17, 15) is 0 Å². The van der Waals surface area contributed by atoms with Gasteiger partial charge in [0.05, 0.1) is 0 Å². The molecule has 0 spiro atoms. The van der Waals surface area contributed by atoms with Gasteiger partial charge in [0.25, 0.3) is 0 Å². The fourth-order valence-electron chi connectivity index (χ4n) is 1.22. The summed E-state index contributed by atoms with van der Waals surface area (Å²) in [7, 11) is 0. The highest BCUT2D eigenvalue weighted by Gasteiger charge is 1.87. The van der Waals surface area contributed by atoms with Crippen LogP contribution in [-0.2, 0) is 0 Å². The molecule has 0 aromatic heterocycles. The zero-order chi connectivity index (χ0) is 12.5. The fourth-order valence-corrected chi connectivity index (χ4v) is 1.22. The van der Waals surface area contributed by atoms with E-state index in [1.807, 2.05) is 36.4 Å². The number of anilines is 1. The SMILES string of the molecule is C=C/C=C(C#Cc1ccc(N)cc1)\C=C/CC. The maximum atomic E-state index is 5.61. The number of allylic oxidation sites excluding steroid dienone is 5. The Labute approximate surface area is 103 Å². The van der Waals surface area contributed by atoms with Gasteiger partial charge in [-0.05, 0) is 36.8 Å². The minimum Gasteiger partial charge on any atom is -0.399 e. The monoisotopic (exact) mass is 223 g/mol. The molecule has 0 bridgehead atoms. The van der Waals surface area contributed by atoms with Crippen molar-refractivity contribution in [3.8, 4) is 11.8 Å². The van der Waals surface area contributed by atoms with Crippen molar-refractivity contribution in [3.63, 3.8) is 0 Å². The van der Waals surface area contributed by atoms with E-state index in [2.05, 4.69) is 31.4 Å². The normalized spacial score (nSPS) is 11.0. The highest BCUT2D eigenvalue weighted by molar-refractivity contribution is 5.49. The Balaban J connectivity index is 2.87. The molecule has 17 heavy (non-hydrogen) atoms. The molecule has 0 aliphatic carbocycles. The second-order valence-corrected chi connectivity index (χ2v) is 3.54. The van der Waals surface area contributed by atoms with Crippen molar-refractivity contribution in [1.82, 2.24) is 0 Å². The van der Waals surface area contributed by atoms with Crippen molar-refractivity contribution >= 4 is 5.69 Å². The number of benzene rings is 1. The highest BCUT2D eigenvalue weighted by atomic mass is 14.5. The van der Waals surface area contributed by atoms with Gasteiger partial charge in [0.2, 0.25) is 0 Å². The predicted octanol–water partition coefficient (Wildman–Crippen LogP) is 3.70. The Hall–Kier alpha value is -2.20. The lowest BCUT2D eigenvalue weighted by molar-refractivity contribution is 1.22. The van der Waals surface area contributed by atoms with Crippen LogP contribution in [-0.4, -0.2) is 0 Å². The van der Waals surface area contributed by atoms with Gasteiger partial charge in [0, 0.05) is 16.8 Å². The third-order valence-electron chi connectivity index (χ3n) is 2.09. The van der Waals surface area contributed by atoms with E-state index in [4.69, 9.17) is 5.73 Å². The van der Waals surface area contributed by atoms with Gasteiger partial charge in [-0.15, -0.1) is 0 Å². The topological polar surface area (TPSA) is 26.0 Å².